The molecule has 0 aliphatic heterocycles. The Morgan fingerprint density at radius 2 is 2.27 bits per heavy atom. The molecule has 1 aliphatic carbocycles. The Morgan fingerprint density at radius 1 is 1.53 bits per heavy atom. The van der Waals surface area contributed by atoms with E-state index in [0.29, 0.717) is 10.6 Å². The van der Waals surface area contributed by atoms with Gasteiger partial charge in [-0.05, 0) is 31.5 Å². The first-order chi connectivity index (χ1) is 7.22. The van der Waals surface area contributed by atoms with E-state index in [4.69, 9.17) is 11.6 Å². The third kappa shape index (κ3) is 2.50. The zero-order valence-electron chi connectivity index (χ0n) is 8.76. The van der Waals surface area contributed by atoms with Crippen molar-refractivity contribution >= 4 is 11.6 Å². The van der Waals surface area contributed by atoms with Crippen LogP contribution >= 0.6 is 11.6 Å². The van der Waals surface area contributed by atoms with Gasteiger partial charge in [0.2, 0.25) is 0 Å². The first-order valence-corrected chi connectivity index (χ1v) is 5.71. The van der Waals surface area contributed by atoms with Crippen molar-refractivity contribution in [3.05, 3.63) is 34.6 Å². The van der Waals surface area contributed by atoms with Crippen molar-refractivity contribution in [1.82, 2.24) is 5.32 Å². The van der Waals surface area contributed by atoms with E-state index in [1.165, 1.54) is 18.9 Å². The quantitative estimate of drug-likeness (QED) is 0.830. The summed E-state index contributed by atoms with van der Waals surface area (Å²) in [5, 5.41) is 3.67. The summed E-state index contributed by atoms with van der Waals surface area (Å²) >= 11 is 6.03. The predicted octanol–water partition coefficient (Wildman–Crippen LogP) is 3.54. The highest BCUT2D eigenvalue weighted by Gasteiger charge is 2.27. The standard InChI is InChI=1S/C12H15ClFN/c1-15-11(7-8-5-6-8)12-9(13)3-2-4-10(12)14/h2-4,8,11,15H,5-7H2,1H3. The molecule has 82 valence electrons. The van der Waals surface area contributed by atoms with E-state index in [9.17, 15) is 4.39 Å². The third-order valence-corrected chi connectivity index (χ3v) is 3.29. The van der Waals surface area contributed by atoms with Crippen LogP contribution in [0.5, 0.6) is 0 Å². The maximum absolute atomic E-state index is 13.6. The fourth-order valence-corrected chi connectivity index (χ4v) is 2.21. The molecular formula is C12H15ClFN. The van der Waals surface area contributed by atoms with Crippen molar-refractivity contribution in [2.45, 2.75) is 25.3 Å². The lowest BCUT2D eigenvalue weighted by atomic mass is 10.0. The minimum Gasteiger partial charge on any atom is -0.313 e. The zero-order valence-corrected chi connectivity index (χ0v) is 9.52. The Hall–Kier alpha value is -0.600. The lowest BCUT2D eigenvalue weighted by Gasteiger charge is -2.18. The number of hydrogen-bond donors (Lipinski definition) is 1. The largest absolute Gasteiger partial charge is 0.313 e. The van der Waals surface area contributed by atoms with Gasteiger partial charge in [-0.25, -0.2) is 4.39 Å². The highest BCUT2D eigenvalue weighted by Crippen LogP contribution is 2.39. The van der Waals surface area contributed by atoms with E-state index < -0.39 is 0 Å². The lowest BCUT2D eigenvalue weighted by molar-refractivity contribution is 0.485. The Balaban J connectivity index is 2.23. The number of halogens is 2. The molecule has 1 atom stereocenters. The monoisotopic (exact) mass is 227 g/mol. The fourth-order valence-electron chi connectivity index (χ4n) is 1.91. The Morgan fingerprint density at radius 3 is 2.80 bits per heavy atom. The highest BCUT2D eigenvalue weighted by molar-refractivity contribution is 6.31. The van der Waals surface area contributed by atoms with Crippen molar-refractivity contribution in [2.24, 2.45) is 5.92 Å². The van der Waals surface area contributed by atoms with Crippen LogP contribution < -0.4 is 5.32 Å². The molecule has 0 saturated heterocycles. The van der Waals surface area contributed by atoms with Crippen LogP contribution in [0.25, 0.3) is 0 Å². The van der Waals surface area contributed by atoms with Crippen LogP contribution in [0.4, 0.5) is 4.39 Å². The van der Waals surface area contributed by atoms with Gasteiger partial charge >= 0.3 is 0 Å². The van der Waals surface area contributed by atoms with E-state index >= 15 is 0 Å². The zero-order chi connectivity index (χ0) is 10.8. The molecule has 1 saturated carbocycles. The molecule has 1 aromatic rings. The summed E-state index contributed by atoms with van der Waals surface area (Å²) < 4.78 is 13.6. The minimum atomic E-state index is -0.206. The summed E-state index contributed by atoms with van der Waals surface area (Å²) in [7, 11) is 1.86. The van der Waals surface area contributed by atoms with Gasteiger partial charge < -0.3 is 5.32 Å². The van der Waals surface area contributed by atoms with E-state index in [2.05, 4.69) is 5.32 Å². The molecule has 0 aromatic heterocycles. The molecule has 0 heterocycles. The summed E-state index contributed by atoms with van der Waals surface area (Å²) in [6.45, 7) is 0. The maximum atomic E-state index is 13.6. The van der Waals surface area contributed by atoms with Gasteiger partial charge in [-0.3, -0.25) is 0 Å². The molecule has 0 bridgehead atoms. The third-order valence-electron chi connectivity index (χ3n) is 2.96. The molecule has 1 fully saturated rings. The predicted molar refractivity (Wildman–Crippen MR) is 60.6 cm³/mol. The van der Waals surface area contributed by atoms with Crippen LogP contribution in [0.15, 0.2) is 18.2 Å². The van der Waals surface area contributed by atoms with Gasteiger partial charge in [0.25, 0.3) is 0 Å². The van der Waals surface area contributed by atoms with Gasteiger partial charge in [0, 0.05) is 16.6 Å². The van der Waals surface area contributed by atoms with Crippen molar-refractivity contribution < 1.29 is 4.39 Å². The molecule has 3 heteroatoms. The second-order valence-electron chi connectivity index (χ2n) is 4.16. The van der Waals surface area contributed by atoms with Gasteiger partial charge in [-0.2, -0.15) is 0 Å². The molecule has 0 spiro atoms. The van der Waals surface area contributed by atoms with Gasteiger partial charge in [-0.1, -0.05) is 30.5 Å². The summed E-state index contributed by atoms with van der Waals surface area (Å²) in [6.07, 6.45) is 3.52. The Labute approximate surface area is 94.6 Å². The molecule has 2 rings (SSSR count). The van der Waals surface area contributed by atoms with E-state index in [1.807, 2.05) is 7.05 Å². The van der Waals surface area contributed by atoms with Crippen LogP contribution in [0, 0.1) is 11.7 Å². The van der Waals surface area contributed by atoms with Crippen LogP contribution in [0.3, 0.4) is 0 Å². The maximum Gasteiger partial charge on any atom is 0.129 e. The second-order valence-corrected chi connectivity index (χ2v) is 4.56. The molecule has 1 nitrogen and oxygen atoms in total. The van der Waals surface area contributed by atoms with Gasteiger partial charge in [-0.15, -0.1) is 0 Å². The summed E-state index contributed by atoms with van der Waals surface area (Å²) in [4.78, 5) is 0. The van der Waals surface area contributed by atoms with Crippen LogP contribution in [-0.4, -0.2) is 7.05 Å². The summed E-state index contributed by atoms with van der Waals surface area (Å²) in [5.41, 5.74) is 0.619. The Kier molecular flexibility index (Phi) is 3.27. The normalized spacial score (nSPS) is 17.8. The topological polar surface area (TPSA) is 12.0 Å². The van der Waals surface area contributed by atoms with E-state index in [1.54, 1.807) is 12.1 Å². The number of nitrogens with one attached hydrogen (secondary N) is 1. The molecule has 1 aliphatic rings. The van der Waals surface area contributed by atoms with Crippen LogP contribution in [0.1, 0.15) is 30.9 Å². The molecule has 15 heavy (non-hydrogen) atoms. The van der Waals surface area contributed by atoms with Crippen molar-refractivity contribution in [3.63, 3.8) is 0 Å². The Bertz CT molecular complexity index is 329. The van der Waals surface area contributed by atoms with Crippen molar-refractivity contribution in [2.75, 3.05) is 7.05 Å². The van der Waals surface area contributed by atoms with Crippen molar-refractivity contribution in [1.29, 1.82) is 0 Å². The number of hydrogen-bond acceptors (Lipinski definition) is 1. The van der Waals surface area contributed by atoms with Gasteiger partial charge in [0.05, 0.1) is 0 Å². The number of benzene rings is 1. The first kappa shape index (κ1) is 10.9. The lowest BCUT2D eigenvalue weighted by Crippen LogP contribution is -2.18. The highest BCUT2D eigenvalue weighted by atomic mass is 35.5. The molecule has 0 amide bonds. The van der Waals surface area contributed by atoms with Gasteiger partial charge in [0.1, 0.15) is 5.82 Å². The summed E-state index contributed by atoms with van der Waals surface area (Å²) in [5.74, 6) is 0.542. The van der Waals surface area contributed by atoms with E-state index in [0.717, 1.165) is 12.3 Å². The first-order valence-electron chi connectivity index (χ1n) is 5.33. The minimum absolute atomic E-state index is 0.0474. The summed E-state index contributed by atoms with van der Waals surface area (Å²) in [6, 6.07) is 4.91. The van der Waals surface area contributed by atoms with Crippen molar-refractivity contribution in [3.8, 4) is 0 Å². The molecule has 1 aromatic carbocycles. The molecule has 1 unspecified atom stereocenters. The van der Waals surface area contributed by atoms with Crippen LogP contribution in [-0.2, 0) is 0 Å². The fraction of sp³-hybridized carbons (Fsp3) is 0.500. The molecule has 0 radical (unpaired) electrons. The van der Waals surface area contributed by atoms with Crippen LogP contribution in [0.2, 0.25) is 5.02 Å². The molecule has 1 N–H and O–H groups in total. The van der Waals surface area contributed by atoms with Gasteiger partial charge in [0.15, 0.2) is 0 Å². The second kappa shape index (κ2) is 4.50. The molecular weight excluding hydrogens is 213 g/mol. The smallest absolute Gasteiger partial charge is 0.129 e. The number of rotatable bonds is 4. The van der Waals surface area contributed by atoms with E-state index in [-0.39, 0.29) is 11.9 Å². The average molecular weight is 228 g/mol. The average Bonchev–Trinajstić information content (AvgIpc) is 2.99. The SMILES string of the molecule is CNC(CC1CC1)c1c(F)cccc1Cl.